The lowest BCUT2D eigenvalue weighted by Gasteiger charge is -2.19. The van der Waals surface area contributed by atoms with E-state index in [1.807, 2.05) is 13.8 Å². The Kier molecular flexibility index (Phi) is 6.04. The summed E-state index contributed by atoms with van der Waals surface area (Å²) >= 11 is 9.25. The van der Waals surface area contributed by atoms with Crippen molar-refractivity contribution in [2.24, 2.45) is 5.92 Å². The summed E-state index contributed by atoms with van der Waals surface area (Å²) in [4.78, 5) is 0. The van der Waals surface area contributed by atoms with Crippen molar-refractivity contribution in [3.63, 3.8) is 0 Å². The molecule has 0 bridgehead atoms. The summed E-state index contributed by atoms with van der Waals surface area (Å²) in [6.45, 7) is 8.61. The van der Waals surface area contributed by atoms with Gasteiger partial charge in [0.15, 0.2) is 0 Å². The number of hydrogen-bond acceptors (Lipinski definition) is 3. The van der Waals surface area contributed by atoms with E-state index in [0.29, 0.717) is 12.5 Å². The smallest absolute Gasteiger partial charge is 0.244 e. The summed E-state index contributed by atoms with van der Waals surface area (Å²) in [5, 5.41) is 0. The fourth-order valence-corrected chi connectivity index (χ4v) is 3.08. The molecular formula is C7H17O2PS2. The molecule has 0 heterocycles. The van der Waals surface area contributed by atoms with E-state index >= 15 is 0 Å². The van der Waals surface area contributed by atoms with Crippen molar-refractivity contribution >= 4 is 29.7 Å². The lowest BCUT2D eigenvalue weighted by atomic mass is 10.2. The maximum absolute atomic E-state index is 5.37. The number of hydrogen-bond donors (Lipinski definition) is 1. The topological polar surface area (TPSA) is 18.5 Å². The normalized spacial score (nSPS) is 16.9. The standard InChI is InChI=1S/C7H17O2PS2/c1-6(2)5-8-10(11,12)9-7(3)4/h6-7H,5H2,1-4H3,(H,11,12). The van der Waals surface area contributed by atoms with Gasteiger partial charge in [0.25, 0.3) is 0 Å². The van der Waals surface area contributed by atoms with Gasteiger partial charge < -0.3 is 9.05 Å². The minimum Gasteiger partial charge on any atom is -0.322 e. The van der Waals surface area contributed by atoms with Gasteiger partial charge in [0.1, 0.15) is 0 Å². The summed E-state index contributed by atoms with van der Waals surface area (Å²) in [5.74, 6) is 0.468. The molecule has 2 nitrogen and oxygen atoms in total. The molecule has 0 aromatic rings. The average Bonchev–Trinajstić information content (AvgIpc) is 1.81. The van der Waals surface area contributed by atoms with Crippen LogP contribution in [-0.2, 0) is 20.9 Å². The zero-order valence-electron chi connectivity index (χ0n) is 7.98. The van der Waals surface area contributed by atoms with Crippen LogP contribution >= 0.6 is 17.9 Å². The number of thiol groups is 1. The van der Waals surface area contributed by atoms with E-state index in [-0.39, 0.29) is 6.10 Å². The molecule has 0 fully saturated rings. The van der Waals surface area contributed by atoms with Gasteiger partial charge in [-0.05, 0) is 31.6 Å². The van der Waals surface area contributed by atoms with Gasteiger partial charge in [0.2, 0.25) is 5.69 Å². The minimum absolute atomic E-state index is 0.0838. The molecule has 5 heteroatoms. The Balaban J connectivity index is 3.80. The molecule has 74 valence electrons. The molecule has 0 aliphatic rings. The van der Waals surface area contributed by atoms with Crippen molar-refractivity contribution in [3.8, 4) is 0 Å². The zero-order chi connectivity index (χ0) is 9.78. The van der Waals surface area contributed by atoms with Gasteiger partial charge in [0, 0.05) is 0 Å². The van der Waals surface area contributed by atoms with Crippen LogP contribution in [0.2, 0.25) is 0 Å². The predicted molar refractivity (Wildman–Crippen MR) is 60.3 cm³/mol. The third-order valence-electron chi connectivity index (χ3n) is 0.915. The molecule has 0 amide bonds. The Hall–Kier alpha value is 0.920. The first-order valence-corrected chi connectivity index (χ1v) is 7.78. The van der Waals surface area contributed by atoms with Crippen molar-refractivity contribution in [2.45, 2.75) is 33.8 Å². The van der Waals surface area contributed by atoms with Crippen LogP contribution in [0.25, 0.3) is 0 Å². The molecule has 0 aliphatic heterocycles. The Bertz CT molecular complexity index is 171. The van der Waals surface area contributed by atoms with Crippen molar-refractivity contribution in [1.29, 1.82) is 0 Å². The van der Waals surface area contributed by atoms with Crippen LogP contribution in [-0.4, -0.2) is 12.7 Å². The highest BCUT2D eigenvalue weighted by Crippen LogP contribution is 2.54. The molecule has 1 unspecified atom stereocenters. The first kappa shape index (κ1) is 12.9. The highest BCUT2D eigenvalue weighted by Gasteiger charge is 2.15. The lowest BCUT2D eigenvalue weighted by molar-refractivity contribution is 0.201. The van der Waals surface area contributed by atoms with E-state index in [1.54, 1.807) is 0 Å². The van der Waals surface area contributed by atoms with Gasteiger partial charge in [-0.3, -0.25) is 0 Å². The molecule has 0 rings (SSSR count). The second kappa shape index (κ2) is 5.61. The summed E-state index contributed by atoms with van der Waals surface area (Å²) in [6.07, 6.45) is 0.0838. The fourth-order valence-electron chi connectivity index (χ4n) is 0.540. The molecule has 1 atom stereocenters. The third-order valence-corrected chi connectivity index (χ3v) is 3.28. The quantitative estimate of drug-likeness (QED) is 0.575. The van der Waals surface area contributed by atoms with Crippen molar-refractivity contribution in [3.05, 3.63) is 0 Å². The first-order valence-electron chi connectivity index (χ1n) is 3.99. The monoisotopic (exact) mass is 228 g/mol. The Morgan fingerprint density at radius 1 is 1.33 bits per heavy atom. The molecule has 0 aromatic heterocycles. The molecule has 0 spiro atoms. The molecule has 12 heavy (non-hydrogen) atoms. The molecule has 0 radical (unpaired) electrons. The summed E-state index contributed by atoms with van der Waals surface area (Å²) in [7, 11) is 0. The molecule has 0 saturated carbocycles. The van der Waals surface area contributed by atoms with Crippen molar-refractivity contribution in [1.82, 2.24) is 0 Å². The van der Waals surface area contributed by atoms with Gasteiger partial charge in [-0.25, -0.2) is 0 Å². The van der Waals surface area contributed by atoms with Crippen LogP contribution in [0.15, 0.2) is 0 Å². The van der Waals surface area contributed by atoms with E-state index in [0.717, 1.165) is 0 Å². The van der Waals surface area contributed by atoms with Crippen LogP contribution in [0.5, 0.6) is 0 Å². The van der Waals surface area contributed by atoms with Crippen LogP contribution in [0.4, 0.5) is 0 Å². The van der Waals surface area contributed by atoms with E-state index in [9.17, 15) is 0 Å². The summed E-state index contributed by atoms with van der Waals surface area (Å²) in [5.41, 5.74) is -2.27. The molecular weight excluding hydrogens is 211 g/mol. The first-order chi connectivity index (χ1) is 5.33. The highest BCUT2D eigenvalue weighted by atomic mass is 32.9. The summed E-state index contributed by atoms with van der Waals surface area (Å²) < 4.78 is 10.7. The highest BCUT2D eigenvalue weighted by molar-refractivity contribution is 8.60. The second-order valence-electron chi connectivity index (χ2n) is 3.31. The van der Waals surface area contributed by atoms with Gasteiger partial charge in [0.05, 0.1) is 12.7 Å². The second-order valence-corrected chi connectivity index (χ2v) is 8.55. The minimum atomic E-state index is -2.27. The maximum atomic E-state index is 5.37. The third kappa shape index (κ3) is 7.56. The van der Waals surface area contributed by atoms with Crippen LogP contribution in [0.1, 0.15) is 27.7 Å². The van der Waals surface area contributed by atoms with Crippen molar-refractivity contribution < 1.29 is 9.05 Å². The van der Waals surface area contributed by atoms with Crippen LogP contribution in [0, 0.1) is 5.92 Å². The van der Waals surface area contributed by atoms with Gasteiger partial charge in [-0.1, -0.05) is 26.1 Å². The van der Waals surface area contributed by atoms with E-state index < -0.39 is 5.69 Å². The Labute approximate surface area is 85.4 Å². The molecule has 0 saturated heterocycles. The predicted octanol–water partition coefficient (Wildman–Crippen LogP) is 3.24. The van der Waals surface area contributed by atoms with Gasteiger partial charge in [-0.15, -0.1) is 0 Å². The zero-order valence-corrected chi connectivity index (χ0v) is 10.6. The Morgan fingerprint density at radius 2 is 1.83 bits per heavy atom. The SMILES string of the molecule is CC(C)COP(=S)(S)OC(C)C. The molecule has 0 N–H and O–H groups in total. The fraction of sp³-hybridized carbons (Fsp3) is 1.00. The largest absolute Gasteiger partial charge is 0.322 e. The molecule has 0 aromatic carbocycles. The van der Waals surface area contributed by atoms with E-state index in [1.165, 1.54) is 0 Å². The van der Waals surface area contributed by atoms with Gasteiger partial charge in [-0.2, -0.15) is 0 Å². The maximum Gasteiger partial charge on any atom is 0.244 e. The van der Waals surface area contributed by atoms with E-state index in [4.69, 9.17) is 20.9 Å². The lowest BCUT2D eigenvalue weighted by Crippen LogP contribution is -2.03. The molecule has 0 aliphatic carbocycles. The van der Waals surface area contributed by atoms with Crippen LogP contribution in [0.3, 0.4) is 0 Å². The number of rotatable bonds is 5. The van der Waals surface area contributed by atoms with Gasteiger partial charge >= 0.3 is 0 Å². The van der Waals surface area contributed by atoms with E-state index in [2.05, 4.69) is 26.1 Å². The summed E-state index contributed by atoms with van der Waals surface area (Å²) in [6, 6.07) is 0. The van der Waals surface area contributed by atoms with Crippen LogP contribution < -0.4 is 0 Å². The average molecular weight is 228 g/mol. The Morgan fingerprint density at radius 3 is 2.17 bits per heavy atom. The van der Waals surface area contributed by atoms with Crippen molar-refractivity contribution in [2.75, 3.05) is 6.61 Å².